The molecule has 0 aliphatic carbocycles. The van der Waals surface area contributed by atoms with Gasteiger partial charge >= 0.3 is 0 Å². The number of piperidine rings is 1. The number of carbonyl (C=O) groups excluding carboxylic acids is 2. The highest BCUT2D eigenvalue weighted by molar-refractivity contribution is 6.09. The lowest BCUT2D eigenvalue weighted by Crippen LogP contribution is -2.39. The van der Waals surface area contributed by atoms with Crippen molar-refractivity contribution in [1.82, 2.24) is 10.5 Å². The largest absolute Gasteiger partial charge is 0.356 e. The molecule has 21 heavy (non-hydrogen) atoms. The van der Waals surface area contributed by atoms with Crippen LogP contribution in [0, 0.1) is 0 Å². The zero-order chi connectivity index (χ0) is 14.4. The molecule has 0 spiro atoms. The third-order valence-corrected chi connectivity index (χ3v) is 3.96. The Morgan fingerprint density at radius 2 is 2.00 bits per heavy atom. The minimum absolute atomic E-state index is 0.228. The monoisotopic (exact) mass is 280 g/mol. The van der Waals surface area contributed by atoms with Gasteiger partial charge in [0.15, 0.2) is 5.58 Å². The Morgan fingerprint density at radius 1 is 1.14 bits per heavy atom. The fourth-order valence-corrected chi connectivity index (χ4v) is 2.93. The highest BCUT2D eigenvalue weighted by Gasteiger charge is 2.32. The van der Waals surface area contributed by atoms with E-state index in [-0.39, 0.29) is 11.8 Å². The molecule has 2 heterocycles. The van der Waals surface area contributed by atoms with Crippen LogP contribution in [0.25, 0.3) is 21.7 Å². The van der Waals surface area contributed by atoms with E-state index in [9.17, 15) is 9.59 Å². The summed E-state index contributed by atoms with van der Waals surface area (Å²) < 4.78 is 5.37. The predicted octanol–water partition coefficient (Wildman–Crippen LogP) is 2.50. The maximum absolute atomic E-state index is 12.1. The lowest BCUT2D eigenvalue weighted by atomic mass is 9.91. The molecule has 2 aromatic carbocycles. The Morgan fingerprint density at radius 3 is 2.86 bits per heavy atom. The topological polar surface area (TPSA) is 72.2 Å². The molecule has 1 saturated heterocycles. The van der Waals surface area contributed by atoms with Gasteiger partial charge < -0.3 is 4.52 Å². The lowest BCUT2D eigenvalue weighted by molar-refractivity contribution is -0.134. The second kappa shape index (κ2) is 4.41. The molecule has 0 saturated carbocycles. The van der Waals surface area contributed by atoms with Gasteiger partial charge in [0.2, 0.25) is 11.8 Å². The van der Waals surface area contributed by atoms with Crippen LogP contribution >= 0.6 is 0 Å². The Balaban J connectivity index is 1.95. The zero-order valence-electron chi connectivity index (χ0n) is 11.1. The molecule has 1 atom stereocenters. The number of nitrogens with zero attached hydrogens (tertiary/aromatic N) is 1. The summed E-state index contributed by atoms with van der Waals surface area (Å²) in [6, 6.07) is 11.7. The molecule has 0 radical (unpaired) electrons. The van der Waals surface area contributed by atoms with E-state index in [1.165, 1.54) is 0 Å². The van der Waals surface area contributed by atoms with E-state index in [0.29, 0.717) is 24.1 Å². The number of nitrogens with one attached hydrogen (secondary N) is 1. The molecule has 1 N–H and O–H groups in total. The van der Waals surface area contributed by atoms with Gasteiger partial charge in [-0.05, 0) is 23.3 Å². The minimum atomic E-state index is -0.435. The standard InChI is InChI=1S/C16H12N2O3/c19-13-8-6-11(16(20)17-13)15-14-10-4-2-1-3-9(10)5-7-12(14)21-18-15/h1-5,7,11H,6,8H2,(H,17,19,20). The summed E-state index contributed by atoms with van der Waals surface area (Å²) >= 11 is 0. The molecule has 1 fully saturated rings. The molecule has 0 bridgehead atoms. The maximum atomic E-state index is 12.1. The quantitative estimate of drug-likeness (QED) is 0.695. The van der Waals surface area contributed by atoms with Gasteiger partial charge in [-0.15, -0.1) is 0 Å². The summed E-state index contributed by atoms with van der Waals surface area (Å²) in [5, 5.41) is 9.41. The first-order valence-electron chi connectivity index (χ1n) is 6.85. The van der Waals surface area contributed by atoms with Gasteiger partial charge in [-0.3, -0.25) is 14.9 Å². The summed E-state index contributed by atoms with van der Waals surface area (Å²) in [4.78, 5) is 23.4. The summed E-state index contributed by atoms with van der Waals surface area (Å²) in [6.07, 6.45) is 0.797. The number of fused-ring (bicyclic) bond motifs is 3. The third kappa shape index (κ3) is 1.81. The first kappa shape index (κ1) is 12.1. The van der Waals surface area contributed by atoms with Crippen LogP contribution in [0.2, 0.25) is 0 Å². The van der Waals surface area contributed by atoms with Crippen LogP contribution < -0.4 is 5.32 Å². The van der Waals surface area contributed by atoms with Crippen molar-refractivity contribution < 1.29 is 14.1 Å². The van der Waals surface area contributed by atoms with Gasteiger partial charge in [-0.2, -0.15) is 0 Å². The Kier molecular flexibility index (Phi) is 2.54. The van der Waals surface area contributed by atoms with Gasteiger partial charge in [0.25, 0.3) is 0 Å². The van der Waals surface area contributed by atoms with Crippen molar-refractivity contribution in [2.75, 3.05) is 0 Å². The third-order valence-electron chi connectivity index (χ3n) is 3.96. The van der Waals surface area contributed by atoms with E-state index < -0.39 is 5.92 Å². The number of amides is 2. The second-order valence-corrected chi connectivity index (χ2v) is 5.23. The fraction of sp³-hybridized carbons (Fsp3) is 0.188. The molecule has 104 valence electrons. The highest BCUT2D eigenvalue weighted by atomic mass is 16.5. The van der Waals surface area contributed by atoms with E-state index in [1.807, 2.05) is 36.4 Å². The van der Waals surface area contributed by atoms with Crippen LogP contribution in [0.15, 0.2) is 40.9 Å². The lowest BCUT2D eigenvalue weighted by Gasteiger charge is -2.19. The normalized spacial score (nSPS) is 19.1. The summed E-state index contributed by atoms with van der Waals surface area (Å²) in [6.45, 7) is 0. The Hall–Kier alpha value is -2.69. The van der Waals surface area contributed by atoms with E-state index in [4.69, 9.17) is 4.52 Å². The van der Waals surface area contributed by atoms with Crippen molar-refractivity contribution in [3.8, 4) is 0 Å². The minimum Gasteiger partial charge on any atom is -0.356 e. The average Bonchev–Trinajstić information content (AvgIpc) is 2.91. The van der Waals surface area contributed by atoms with Gasteiger partial charge in [-0.25, -0.2) is 0 Å². The van der Waals surface area contributed by atoms with E-state index in [0.717, 1.165) is 16.2 Å². The molecular weight excluding hydrogens is 268 g/mol. The summed E-state index contributed by atoms with van der Waals surface area (Å²) in [7, 11) is 0. The number of imide groups is 1. The summed E-state index contributed by atoms with van der Waals surface area (Å²) in [5.74, 6) is -0.960. The first-order chi connectivity index (χ1) is 10.2. The molecule has 1 aliphatic heterocycles. The predicted molar refractivity (Wildman–Crippen MR) is 76.6 cm³/mol. The molecule has 4 rings (SSSR count). The first-order valence-corrected chi connectivity index (χ1v) is 6.85. The number of hydrogen-bond acceptors (Lipinski definition) is 4. The zero-order valence-corrected chi connectivity index (χ0v) is 11.1. The smallest absolute Gasteiger partial charge is 0.235 e. The Labute approximate surface area is 119 Å². The van der Waals surface area contributed by atoms with Crippen molar-refractivity contribution in [2.45, 2.75) is 18.8 Å². The number of benzene rings is 2. The molecule has 1 aliphatic rings. The second-order valence-electron chi connectivity index (χ2n) is 5.23. The van der Waals surface area contributed by atoms with Crippen molar-refractivity contribution in [1.29, 1.82) is 0 Å². The number of rotatable bonds is 1. The van der Waals surface area contributed by atoms with Crippen molar-refractivity contribution in [3.05, 3.63) is 42.1 Å². The van der Waals surface area contributed by atoms with Gasteiger partial charge in [0, 0.05) is 6.42 Å². The van der Waals surface area contributed by atoms with Gasteiger partial charge in [0.05, 0.1) is 11.3 Å². The maximum Gasteiger partial charge on any atom is 0.235 e. The van der Waals surface area contributed by atoms with Crippen LogP contribution in [-0.4, -0.2) is 17.0 Å². The van der Waals surface area contributed by atoms with Crippen LogP contribution in [0.5, 0.6) is 0 Å². The average molecular weight is 280 g/mol. The molecule has 2 amide bonds. The number of aromatic nitrogens is 1. The fourth-order valence-electron chi connectivity index (χ4n) is 2.93. The van der Waals surface area contributed by atoms with Crippen molar-refractivity contribution in [2.24, 2.45) is 0 Å². The summed E-state index contributed by atoms with van der Waals surface area (Å²) in [5.41, 5.74) is 1.28. The van der Waals surface area contributed by atoms with Crippen LogP contribution in [0.1, 0.15) is 24.5 Å². The van der Waals surface area contributed by atoms with E-state index >= 15 is 0 Å². The molecule has 5 heteroatoms. The van der Waals surface area contributed by atoms with Crippen LogP contribution in [0.4, 0.5) is 0 Å². The van der Waals surface area contributed by atoms with E-state index in [1.54, 1.807) is 0 Å². The SMILES string of the molecule is O=C1CCC(c2noc3ccc4ccccc4c23)C(=O)N1. The highest BCUT2D eigenvalue weighted by Crippen LogP contribution is 2.34. The van der Waals surface area contributed by atoms with Gasteiger partial charge in [0.1, 0.15) is 5.69 Å². The van der Waals surface area contributed by atoms with Crippen LogP contribution in [-0.2, 0) is 9.59 Å². The van der Waals surface area contributed by atoms with Crippen molar-refractivity contribution >= 4 is 33.6 Å². The molecule has 3 aromatic rings. The van der Waals surface area contributed by atoms with E-state index in [2.05, 4.69) is 10.5 Å². The molecule has 5 nitrogen and oxygen atoms in total. The Bertz CT molecular complexity index is 881. The molecule has 1 aromatic heterocycles. The van der Waals surface area contributed by atoms with Crippen molar-refractivity contribution in [3.63, 3.8) is 0 Å². The number of carbonyl (C=O) groups is 2. The molecule has 1 unspecified atom stereocenters. The van der Waals surface area contributed by atoms with Gasteiger partial charge in [-0.1, -0.05) is 35.5 Å². The molecular formula is C16H12N2O3. The van der Waals surface area contributed by atoms with Crippen LogP contribution in [0.3, 0.4) is 0 Å². The number of hydrogen-bond donors (Lipinski definition) is 1.